The summed E-state index contributed by atoms with van der Waals surface area (Å²) in [6.45, 7) is 0. The number of aromatic nitrogens is 2. The number of rotatable bonds is 3. The van der Waals surface area contributed by atoms with Crippen LogP contribution in [0.5, 0.6) is 0 Å². The van der Waals surface area contributed by atoms with Crippen molar-refractivity contribution in [3.63, 3.8) is 0 Å². The third-order valence-corrected chi connectivity index (χ3v) is 9.09. The van der Waals surface area contributed by atoms with Crippen LogP contribution in [0.15, 0.2) is 158 Å². The van der Waals surface area contributed by atoms with Gasteiger partial charge >= 0.3 is 0 Å². The van der Waals surface area contributed by atoms with Crippen LogP contribution in [0.25, 0.3) is 49.5 Å². The van der Waals surface area contributed by atoms with Crippen LogP contribution in [0.1, 0.15) is 22.3 Å². The first-order valence-electron chi connectivity index (χ1n) is 14.5. The van der Waals surface area contributed by atoms with Gasteiger partial charge in [0.15, 0.2) is 0 Å². The van der Waals surface area contributed by atoms with E-state index in [9.17, 15) is 0 Å². The first-order valence-corrected chi connectivity index (χ1v) is 14.5. The molecule has 2 nitrogen and oxygen atoms in total. The minimum Gasteiger partial charge on any atom is -0.308 e. The van der Waals surface area contributed by atoms with E-state index in [4.69, 9.17) is 4.98 Å². The number of hydrogen-bond donors (Lipinski definition) is 0. The van der Waals surface area contributed by atoms with Crippen LogP contribution in [-0.4, -0.2) is 9.55 Å². The molecule has 1 aliphatic rings. The van der Waals surface area contributed by atoms with Gasteiger partial charge in [-0.2, -0.15) is 0 Å². The molecule has 0 fully saturated rings. The molecule has 8 aromatic rings. The molecule has 0 saturated heterocycles. The second-order valence-corrected chi connectivity index (χ2v) is 11.2. The molecule has 2 aromatic heterocycles. The van der Waals surface area contributed by atoms with Gasteiger partial charge in [-0.3, -0.25) is 4.98 Å². The van der Waals surface area contributed by atoms with Gasteiger partial charge in [0.05, 0.1) is 22.0 Å². The standard InChI is InChI=1S/C40H26N2/c1-3-14-29(15-4-1)40(30-16-5-2-6-17-30)35-19-10-9-18-32(35)33-26-38-34(25-36(33)40)39-37(20-11-23-41-39)42(38)31-22-21-27-12-7-8-13-28(27)24-31/h1-26H. The summed E-state index contributed by atoms with van der Waals surface area (Å²) in [4.78, 5) is 4.96. The zero-order chi connectivity index (χ0) is 27.7. The smallest absolute Gasteiger partial charge is 0.0963 e. The molecule has 6 aromatic carbocycles. The largest absolute Gasteiger partial charge is 0.308 e. The summed E-state index contributed by atoms with van der Waals surface area (Å²) < 4.78 is 2.39. The lowest BCUT2D eigenvalue weighted by molar-refractivity contribution is 0.769. The van der Waals surface area contributed by atoms with Crippen molar-refractivity contribution in [2.75, 3.05) is 0 Å². The van der Waals surface area contributed by atoms with Gasteiger partial charge in [0.1, 0.15) is 0 Å². The third-order valence-electron chi connectivity index (χ3n) is 9.09. The van der Waals surface area contributed by atoms with E-state index in [1.165, 1.54) is 55.1 Å². The molecule has 0 radical (unpaired) electrons. The van der Waals surface area contributed by atoms with Gasteiger partial charge in [-0.15, -0.1) is 0 Å². The van der Waals surface area contributed by atoms with Crippen LogP contribution >= 0.6 is 0 Å². The van der Waals surface area contributed by atoms with E-state index < -0.39 is 5.41 Å². The van der Waals surface area contributed by atoms with Crippen molar-refractivity contribution in [2.45, 2.75) is 5.41 Å². The van der Waals surface area contributed by atoms with Crippen LogP contribution in [0.2, 0.25) is 0 Å². The topological polar surface area (TPSA) is 17.8 Å². The molecule has 42 heavy (non-hydrogen) atoms. The number of nitrogens with zero attached hydrogens (tertiary/aromatic N) is 2. The molecule has 1 aliphatic carbocycles. The van der Waals surface area contributed by atoms with E-state index in [0.717, 1.165) is 16.7 Å². The molecule has 0 N–H and O–H groups in total. The molecule has 2 heteroatoms. The van der Waals surface area contributed by atoms with E-state index >= 15 is 0 Å². The normalized spacial score (nSPS) is 13.4. The fourth-order valence-corrected chi connectivity index (χ4v) is 7.36. The Balaban J connectivity index is 1.44. The fraction of sp³-hybridized carbons (Fsp3) is 0.0250. The average molecular weight is 535 g/mol. The highest BCUT2D eigenvalue weighted by Crippen LogP contribution is 2.57. The lowest BCUT2D eigenvalue weighted by atomic mass is 9.67. The molecule has 0 saturated carbocycles. The van der Waals surface area contributed by atoms with Crippen LogP contribution in [0, 0.1) is 0 Å². The molecular formula is C40H26N2. The predicted octanol–water partition coefficient (Wildman–Crippen LogP) is 9.69. The maximum Gasteiger partial charge on any atom is 0.0963 e. The molecule has 0 amide bonds. The molecule has 0 bridgehead atoms. The Morgan fingerprint density at radius 3 is 1.95 bits per heavy atom. The second-order valence-electron chi connectivity index (χ2n) is 11.2. The zero-order valence-corrected chi connectivity index (χ0v) is 22.9. The summed E-state index contributed by atoms with van der Waals surface area (Å²) in [7, 11) is 0. The molecule has 0 spiro atoms. The highest BCUT2D eigenvalue weighted by atomic mass is 15.0. The summed E-state index contributed by atoms with van der Waals surface area (Å²) in [6.07, 6.45) is 1.91. The van der Waals surface area contributed by atoms with Crippen molar-refractivity contribution < 1.29 is 0 Å². The minimum absolute atomic E-state index is 0.436. The number of hydrogen-bond acceptors (Lipinski definition) is 1. The van der Waals surface area contributed by atoms with Gasteiger partial charge in [-0.1, -0.05) is 115 Å². The van der Waals surface area contributed by atoms with Crippen molar-refractivity contribution in [3.05, 3.63) is 180 Å². The Bertz CT molecular complexity index is 2260. The third kappa shape index (κ3) is 3.07. The summed E-state index contributed by atoms with van der Waals surface area (Å²) in [5, 5.41) is 3.64. The Kier molecular flexibility index (Phi) is 4.85. The van der Waals surface area contributed by atoms with Gasteiger partial charge in [0, 0.05) is 17.3 Å². The highest BCUT2D eigenvalue weighted by Gasteiger charge is 2.46. The minimum atomic E-state index is -0.436. The van der Waals surface area contributed by atoms with Crippen LogP contribution in [-0.2, 0) is 5.41 Å². The number of fused-ring (bicyclic) bond motifs is 7. The quantitative estimate of drug-likeness (QED) is 0.221. The number of benzene rings is 6. The van der Waals surface area contributed by atoms with Gasteiger partial charge in [-0.25, -0.2) is 0 Å². The van der Waals surface area contributed by atoms with E-state index in [1.54, 1.807) is 0 Å². The SMILES string of the molecule is c1ccc(C2(c3ccccc3)c3ccccc3-c3cc4c(cc32)c2ncccc2n4-c2ccc3ccccc3c2)cc1. The molecular weight excluding hydrogens is 508 g/mol. The van der Waals surface area contributed by atoms with Crippen molar-refractivity contribution >= 4 is 32.7 Å². The van der Waals surface area contributed by atoms with Crippen LogP contribution < -0.4 is 0 Å². The molecule has 0 aliphatic heterocycles. The Hall–Kier alpha value is -5.47. The average Bonchev–Trinajstić information content (AvgIpc) is 3.54. The first kappa shape index (κ1) is 23.3. The van der Waals surface area contributed by atoms with Gasteiger partial charge < -0.3 is 4.57 Å². The van der Waals surface area contributed by atoms with E-state index in [0.29, 0.717) is 0 Å². The van der Waals surface area contributed by atoms with Crippen molar-refractivity contribution in [1.29, 1.82) is 0 Å². The molecule has 0 unspecified atom stereocenters. The lowest BCUT2D eigenvalue weighted by Crippen LogP contribution is -2.28. The maximum atomic E-state index is 4.96. The van der Waals surface area contributed by atoms with E-state index in [2.05, 4.69) is 150 Å². The summed E-state index contributed by atoms with van der Waals surface area (Å²) in [6, 6.07) is 55.3. The van der Waals surface area contributed by atoms with Crippen molar-refractivity contribution in [2.24, 2.45) is 0 Å². The predicted molar refractivity (Wildman–Crippen MR) is 173 cm³/mol. The monoisotopic (exact) mass is 534 g/mol. The second kappa shape index (κ2) is 8.76. The van der Waals surface area contributed by atoms with E-state index in [-0.39, 0.29) is 0 Å². The van der Waals surface area contributed by atoms with Crippen LogP contribution in [0.3, 0.4) is 0 Å². The van der Waals surface area contributed by atoms with Crippen molar-refractivity contribution in [1.82, 2.24) is 9.55 Å². The number of pyridine rings is 1. The Labute approximate surface area is 244 Å². The molecule has 0 atom stereocenters. The lowest BCUT2D eigenvalue weighted by Gasteiger charge is -2.33. The Morgan fingerprint density at radius 1 is 0.476 bits per heavy atom. The highest BCUT2D eigenvalue weighted by molar-refractivity contribution is 6.10. The van der Waals surface area contributed by atoms with Crippen LogP contribution in [0.4, 0.5) is 0 Å². The van der Waals surface area contributed by atoms with Gasteiger partial charge in [0.25, 0.3) is 0 Å². The summed E-state index contributed by atoms with van der Waals surface area (Å²) in [5.74, 6) is 0. The zero-order valence-electron chi connectivity index (χ0n) is 22.9. The molecule has 2 heterocycles. The fourth-order valence-electron chi connectivity index (χ4n) is 7.36. The Morgan fingerprint density at radius 2 is 1.17 bits per heavy atom. The van der Waals surface area contributed by atoms with Crippen molar-refractivity contribution in [3.8, 4) is 16.8 Å². The molecule has 196 valence electrons. The summed E-state index contributed by atoms with van der Waals surface area (Å²) in [5.41, 5.74) is 11.7. The molecule has 9 rings (SSSR count). The first-order chi connectivity index (χ1) is 20.8. The summed E-state index contributed by atoms with van der Waals surface area (Å²) >= 11 is 0. The van der Waals surface area contributed by atoms with Gasteiger partial charge in [0.2, 0.25) is 0 Å². The van der Waals surface area contributed by atoms with E-state index in [1.807, 2.05) is 12.3 Å². The maximum absolute atomic E-state index is 4.96. The van der Waals surface area contributed by atoms with Gasteiger partial charge in [-0.05, 0) is 80.6 Å².